The van der Waals surface area contributed by atoms with Crippen molar-refractivity contribution >= 4 is 20.6 Å². The van der Waals surface area contributed by atoms with Gasteiger partial charge in [-0.25, -0.2) is 9.88 Å². The highest BCUT2D eigenvalue weighted by Crippen LogP contribution is 2.37. The third-order valence-corrected chi connectivity index (χ3v) is 5.65. The summed E-state index contributed by atoms with van der Waals surface area (Å²) >= 11 is 0. The lowest BCUT2D eigenvalue weighted by Crippen LogP contribution is -2.29. The van der Waals surface area contributed by atoms with Gasteiger partial charge in [0.2, 0.25) is 0 Å². The van der Waals surface area contributed by atoms with Gasteiger partial charge < -0.3 is 24.3 Å². The van der Waals surface area contributed by atoms with E-state index >= 15 is 0 Å². The molecule has 3 atom stereocenters. The number of benzene rings is 1. The zero-order valence-corrected chi connectivity index (χ0v) is 17.1. The maximum atomic E-state index is 12.2. The quantitative estimate of drug-likeness (QED) is 0.444. The summed E-state index contributed by atoms with van der Waals surface area (Å²) in [5, 5.41) is 2.93. The summed E-state index contributed by atoms with van der Waals surface area (Å²) in [7, 11) is -1.50. The van der Waals surface area contributed by atoms with Crippen LogP contribution in [0.25, 0.3) is 0 Å². The number of aromatic nitrogens is 2. The van der Waals surface area contributed by atoms with Gasteiger partial charge in [-0.2, -0.15) is 4.98 Å². The molecule has 1 aromatic heterocycles. The highest BCUT2D eigenvalue weighted by Gasteiger charge is 2.29. The van der Waals surface area contributed by atoms with E-state index in [4.69, 9.17) is 19.5 Å². The summed E-state index contributed by atoms with van der Waals surface area (Å²) in [6, 6.07) is 9.23. The van der Waals surface area contributed by atoms with Gasteiger partial charge in [0.15, 0.2) is 0 Å². The number of nitrogens with two attached hydrogens (primary N) is 1. The van der Waals surface area contributed by atoms with Crippen LogP contribution in [0.4, 0.5) is 5.82 Å². The molecule has 1 fully saturated rings. The molecule has 10 heteroatoms. The SMILES string of the molecule is CCc1cn(C2CCC(COP(NCC=O)Oc3ccccc3)O2)c(=O)nc1N. The number of ether oxygens (including phenoxy) is 1. The van der Waals surface area contributed by atoms with Crippen LogP contribution in [0.5, 0.6) is 5.75 Å². The first-order chi connectivity index (χ1) is 14.1. The second kappa shape index (κ2) is 10.5. The number of para-hydroxylation sites is 1. The van der Waals surface area contributed by atoms with Gasteiger partial charge in [0.1, 0.15) is 24.1 Å². The molecule has 3 unspecified atom stereocenters. The van der Waals surface area contributed by atoms with Gasteiger partial charge in [-0.15, -0.1) is 0 Å². The van der Waals surface area contributed by atoms with Crippen molar-refractivity contribution in [3.63, 3.8) is 0 Å². The van der Waals surface area contributed by atoms with Gasteiger partial charge in [0.25, 0.3) is 0 Å². The Balaban J connectivity index is 1.58. The zero-order chi connectivity index (χ0) is 20.6. The number of nitrogen functional groups attached to an aromatic ring is 1. The zero-order valence-electron chi connectivity index (χ0n) is 16.2. The molecule has 1 aromatic carbocycles. The Morgan fingerprint density at radius 2 is 2.17 bits per heavy atom. The predicted molar refractivity (Wildman–Crippen MR) is 109 cm³/mol. The normalized spacial score (nSPS) is 19.8. The van der Waals surface area contributed by atoms with Crippen molar-refractivity contribution in [2.75, 3.05) is 18.9 Å². The van der Waals surface area contributed by atoms with Crippen molar-refractivity contribution in [1.29, 1.82) is 0 Å². The fraction of sp³-hybridized carbons (Fsp3) is 0.421. The summed E-state index contributed by atoms with van der Waals surface area (Å²) in [4.78, 5) is 26.8. The molecular weight excluding hydrogens is 395 g/mol. The predicted octanol–water partition coefficient (Wildman–Crippen LogP) is 2.18. The number of aldehydes is 1. The van der Waals surface area contributed by atoms with Crippen molar-refractivity contribution in [2.24, 2.45) is 0 Å². The molecule has 1 aliphatic rings. The first-order valence-corrected chi connectivity index (χ1v) is 10.6. The lowest BCUT2D eigenvalue weighted by atomic mass is 10.2. The molecule has 0 spiro atoms. The summed E-state index contributed by atoms with van der Waals surface area (Å²) in [5.41, 5.74) is 6.17. The summed E-state index contributed by atoms with van der Waals surface area (Å²) in [6.07, 6.45) is 3.95. The Morgan fingerprint density at radius 1 is 1.38 bits per heavy atom. The molecule has 1 saturated heterocycles. The van der Waals surface area contributed by atoms with Gasteiger partial charge in [-0.3, -0.25) is 4.57 Å². The number of carbonyl (C=O) groups is 1. The molecular formula is C19H25N4O5P. The largest absolute Gasteiger partial charge is 0.436 e. The van der Waals surface area contributed by atoms with Crippen LogP contribution in [0, 0.1) is 0 Å². The van der Waals surface area contributed by atoms with Crippen LogP contribution in [-0.2, 0) is 20.5 Å². The Hall–Kier alpha value is -2.32. The molecule has 0 bridgehead atoms. The minimum absolute atomic E-state index is 0.124. The van der Waals surface area contributed by atoms with Crippen molar-refractivity contribution in [2.45, 2.75) is 38.5 Å². The number of hydrogen-bond acceptors (Lipinski definition) is 8. The van der Waals surface area contributed by atoms with Crippen LogP contribution in [-0.4, -0.2) is 35.1 Å². The highest BCUT2D eigenvalue weighted by molar-refractivity contribution is 7.45. The van der Waals surface area contributed by atoms with Crippen molar-refractivity contribution in [3.8, 4) is 5.75 Å². The molecule has 2 aromatic rings. The fourth-order valence-electron chi connectivity index (χ4n) is 2.96. The molecule has 3 N–H and O–H groups in total. The topological polar surface area (TPSA) is 118 Å². The number of carbonyl (C=O) groups excluding carboxylic acids is 1. The monoisotopic (exact) mass is 420 g/mol. The second-order valence-electron chi connectivity index (χ2n) is 6.47. The molecule has 9 nitrogen and oxygen atoms in total. The molecule has 0 saturated carbocycles. The first-order valence-electron chi connectivity index (χ1n) is 9.47. The molecule has 0 aliphatic carbocycles. The maximum Gasteiger partial charge on any atom is 0.351 e. The molecule has 0 radical (unpaired) electrons. The van der Waals surface area contributed by atoms with E-state index in [1.165, 1.54) is 4.57 Å². The number of aryl methyl sites for hydroxylation is 1. The van der Waals surface area contributed by atoms with E-state index in [2.05, 4.69) is 10.1 Å². The van der Waals surface area contributed by atoms with E-state index in [-0.39, 0.29) is 25.1 Å². The number of nitrogens with one attached hydrogen (secondary N) is 1. The fourth-order valence-corrected chi connectivity index (χ4v) is 4.01. The average Bonchev–Trinajstić information content (AvgIpc) is 3.19. The average molecular weight is 420 g/mol. The van der Waals surface area contributed by atoms with E-state index < -0.39 is 20.4 Å². The van der Waals surface area contributed by atoms with E-state index in [1.807, 2.05) is 37.3 Å². The lowest BCUT2D eigenvalue weighted by molar-refractivity contribution is -0.106. The van der Waals surface area contributed by atoms with Crippen LogP contribution < -0.4 is 21.0 Å². The van der Waals surface area contributed by atoms with Crippen LogP contribution in [0.2, 0.25) is 0 Å². The van der Waals surface area contributed by atoms with Gasteiger partial charge >= 0.3 is 14.2 Å². The standard InChI is InChI=1S/C19H25N4O5P/c1-2-14-12-23(19(25)22-18(14)20)17-9-8-16(27-17)13-26-29(21-10-11-24)28-15-6-4-3-5-7-15/h3-7,11-12,16-17,21H,2,8-10,13H2,1H3,(H2,20,22,25). The van der Waals surface area contributed by atoms with E-state index in [1.54, 1.807) is 6.20 Å². The summed E-state index contributed by atoms with van der Waals surface area (Å²) in [5.74, 6) is 0.908. The Morgan fingerprint density at radius 3 is 2.90 bits per heavy atom. The van der Waals surface area contributed by atoms with Gasteiger partial charge in [0, 0.05) is 11.8 Å². The van der Waals surface area contributed by atoms with Crippen molar-refractivity contribution < 1.29 is 18.6 Å². The van der Waals surface area contributed by atoms with Crippen LogP contribution >= 0.6 is 8.53 Å². The van der Waals surface area contributed by atoms with Crippen LogP contribution in [0.1, 0.15) is 31.6 Å². The first kappa shape index (κ1) is 21.4. The van der Waals surface area contributed by atoms with Crippen molar-refractivity contribution in [3.05, 3.63) is 52.6 Å². The third-order valence-electron chi connectivity index (χ3n) is 4.45. The molecule has 156 valence electrons. The van der Waals surface area contributed by atoms with E-state index in [9.17, 15) is 9.59 Å². The highest BCUT2D eigenvalue weighted by atomic mass is 31.2. The number of anilines is 1. The van der Waals surface area contributed by atoms with Crippen LogP contribution in [0.15, 0.2) is 41.3 Å². The van der Waals surface area contributed by atoms with Gasteiger partial charge in [-0.05, 0) is 31.4 Å². The van der Waals surface area contributed by atoms with E-state index in [0.717, 1.165) is 18.3 Å². The van der Waals surface area contributed by atoms with Crippen LogP contribution in [0.3, 0.4) is 0 Å². The Kier molecular flexibility index (Phi) is 7.71. The Bertz CT molecular complexity index is 863. The maximum absolute atomic E-state index is 12.2. The number of hydrogen-bond donors (Lipinski definition) is 2. The summed E-state index contributed by atoms with van der Waals surface area (Å²) < 4.78 is 19.1. The number of nitrogens with zero attached hydrogens (tertiary/aromatic N) is 2. The molecule has 1 aliphatic heterocycles. The Labute approximate surface area is 170 Å². The van der Waals surface area contributed by atoms with Gasteiger partial charge in [0.05, 0.1) is 19.3 Å². The molecule has 2 heterocycles. The third kappa shape index (κ3) is 5.83. The van der Waals surface area contributed by atoms with Crippen molar-refractivity contribution in [1.82, 2.24) is 14.6 Å². The van der Waals surface area contributed by atoms with E-state index in [0.29, 0.717) is 18.6 Å². The molecule has 0 amide bonds. The van der Waals surface area contributed by atoms with Gasteiger partial charge in [-0.1, -0.05) is 25.1 Å². The minimum atomic E-state index is -1.50. The summed E-state index contributed by atoms with van der Waals surface area (Å²) in [6.45, 7) is 2.35. The number of rotatable bonds is 10. The lowest BCUT2D eigenvalue weighted by Gasteiger charge is -2.20. The molecule has 29 heavy (non-hydrogen) atoms. The minimum Gasteiger partial charge on any atom is -0.436 e. The smallest absolute Gasteiger partial charge is 0.351 e. The second-order valence-corrected chi connectivity index (χ2v) is 7.74. The molecule has 3 rings (SSSR count).